The van der Waals surface area contributed by atoms with Gasteiger partial charge in [-0.3, -0.25) is 4.79 Å². The van der Waals surface area contributed by atoms with Crippen LogP contribution in [0.4, 0.5) is 10.5 Å². The van der Waals surface area contributed by atoms with Crippen molar-refractivity contribution in [3.05, 3.63) is 29.8 Å². The van der Waals surface area contributed by atoms with E-state index in [1.165, 1.54) is 5.56 Å². The molecule has 1 saturated heterocycles. The molecule has 22 heavy (non-hydrogen) atoms. The lowest BCUT2D eigenvalue weighted by atomic mass is 9.98. The number of hydrogen-bond donors (Lipinski definition) is 1. The Morgan fingerprint density at radius 1 is 1.36 bits per heavy atom. The van der Waals surface area contributed by atoms with Crippen LogP contribution in [-0.2, 0) is 16.0 Å². The SMILES string of the molecule is CCOC(=O)[C@H]1CCCN(C(=O)Nc2cccc(CC)c2)C1. The van der Waals surface area contributed by atoms with Crippen molar-refractivity contribution >= 4 is 17.7 Å². The van der Waals surface area contributed by atoms with Crippen LogP contribution in [0.15, 0.2) is 24.3 Å². The number of likely N-dealkylation sites (tertiary alicyclic amines) is 1. The van der Waals surface area contributed by atoms with Crippen molar-refractivity contribution < 1.29 is 14.3 Å². The maximum Gasteiger partial charge on any atom is 0.321 e. The first-order valence-electron chi connectivity index (χ1n) is 7.95. The van der Waals surface area contributed by atoms with Crippen molar-refractivity contribution in [3.8, 4) is 0 Å². The molecule has 0 aromatic heterocycles. The zero-order chi connectivity index (χ0) is 15.9. The number of ether oxygens (including phenoxy) is 1. The maximum atomic E-state index is 12.4. The molecular weight excluding hydrogens is 280 g/mol. The Balaban J connectivity index is 1.95. The number of esters is 1. The fraction of sp³-hybridized carbons (Fsp3) is 0.529. The van der Waals surface area contributed by atoms with Gasteiger partial charge < -0.3 is 15.0 Å². The molecular formula is C17H24N2O3. The molecule has 1 aliphatic heterocycles. The van der Waals surface area contributed by atoms with Crippen molar-refractivity contribution in [2.45, 2.75) is 33.1 Å². The third kappa shape index (κ3) is 4.23. The van der Waals surface area contributed by atoms with E-state index in [4.69, 9.17) is 4.74 Å². The fourth-order valence-corrected chi connectivity index (χ4v) is 2.69. The molecule has 0 spiro atoms. The lowest BCUT2D eigenvalue weighted by Gasteiger charge is -2.31. The van der Waals surface area contributed by atoms with Gasteiger partial charge in [0.1, 0.15) is 0 Å². The highest BCUT2D eigenvalue weighted by atomic mass is 16.5. The minimum absolute atomic E-state index is 0.151. The van der Waals surface area contributed by atoms with Crippen molar-refractivity contribution in [1.82, 2.24) is 4.90 Å². The van der Waals surface area contributed by atoms with E-state index in [0.29, 0.717) is 19.7 Å². The zero-order valence-electron chi connectivity index (χ0n) is 13.3. The summed E-state index contributed by atoms with van der Waals surface area (Å²) >= 11 is 0. The normalized spacial score (nSPS) is 17.9. The molecule has 1 aliphatic rings. The van der Waals surface area contributed by atoms with Gasteiger partial charge in [-0.05, 0) is 43.9 Å². The van der Waals surface area contributed by atoms with Crippen molar-refractivity contribution in [3.63, 3.8) is 0 Å². The van der Waals surface area contributed by atoms with Gasteiger partial charge in [-0.1, -0.05) is 19.1 Å². The predicted molar refractivity (Wildman–Crippen MR) is 85.8 cm³/mol. The first-order chi connectivity index (χ1) is 10.6. The highest BCUT2D eigenvalue weighted by Crippen LogP contribution is 2.19. The first kappa shape index (κ1) is 16.3. The summed E-state index contributed by atoms with van der Waals surface area (Å²) in [6, 6.07) is 7.68. The van der Waals surface area contributed by atoms with Gasteiger partial charge in [-0.25, -0.2) is 4.79 Å². The monoisotopic (exact) mass is 304 g/mol. The van der Waals surface area contributed by atoms with E-state index < -0.39 is 0 Å². The van der Waals surface area contributed by atoms with Crippen LogP contribution in [-0.4, -0.2) is 36.6 Å². The smallest absolute Gasteiger partial charge is 0.321 e. The van der Waals surface area contributed by atoms with Crippen molar-refractivity contribution in [2.24, 2.45) is 5.92 Å². The average molecular weight is 304 g/mol. The van der Waals surface area contributed by atoms with Gasteiger partial charge in [0, 0.05) is 18.8 Å². The van der Waals surface area contributed by atoms with Crippen LogP contribution in [0.1, 0.15) is 32.3 Å². The molecule has 1 atom stereocenters. The van der Waals surface area contributed by atoms with E-state index in [2.05, 4.69) is 12.2 Å². The largest absolute Gasteiger partial charge is 0.466 e. The standard InChI is InChI=1S/C17H24N2O3/c1-3-13-7-5-9-15(11-13)18-17(21)19-10-6-8-14(12-19)16(20)22-4-2/h5,7,9,11,14H,3-4,6,8,10,12H2,1-2H3,(H,18,21)/t14-/m0/s1. The van der Waals surface area contributed by atoms with E-state index in [1.807, 2.05) is 24.3 Å². The van der Waals surface area contributed by atoms with Crippen LogP contribution >= 0.6 is 0 Å². The molecule has 1 aromatic carbocycles. The molecule has 120 valence electrons. The number of amides is 2. The summed E-state index contributed by atoms with van der Waals surface area (Å²) in [7, 11) is 0. The number of nitrogens with one attached hydrogen (secondary N) is 1. The molecule has 1 fully saturated rings. The molecule has 5 heteroatoms. The van der Waals surface area contributed by atoms with Crippen LogP contribution in [0.5, 0.6) is 0 Å². The van der Waals surface area contributed by atoms with Gasteiger partial charge >= 0.3 is 12.0 Å². The quantitative estimate of drug-likeness (QED) is 0.870. The number of hydrogen-bond acceptors (Lipinski definition) is 3. The average Bonchev–Trinajstić information content (AvgIpc) is 2.55. The topological polar surface area (TPSA) is 58.6 Å². The molecule has 1 heterocycles. The second kappa shape index (κ2) is 7.82. The third-order valence-electron chi connectivity index (χ3n) is 3.92. The van der Waals surface area contributed by atoms with E-state index in [-0.39, 0.29) is 17.9 Å². The maximum absolute atomic E-state index is 12.4. The summed E-state index contributed by atoms with van der Waals surface area (Å²) in [5, 5.41) is 2.91. The number of rotatable bonds is 4. The summed E-state index contributed by atoms with van der Waals surface area (Å²) in [4.78, 5) is 25.9. The summed E-state index contributed by atoms with van der Waals surface area (Å²) in [5.74, 6) is -0.408. The molecule has 1 N–H and O–H groups in total. The Morgan fingerprint density at radius 3 is 2.91 bits per heavy atom. The van der Waals surface area contributed by atoms with E-state index in [1.54, 1.807) is 11.8 Å². The number of anilines is 1. The van der Waals surface area contributed by atoms with Crippen LogP contribution in [0, 0.1) is 5.92 Å². The molecule has 1 aromatic rings. The number of urea groups is 1. The number of carbonyl (C=O) groups is 2. The number of carbonyl (C=O) groups excluding carboxylic acids is 2. The van der Waals surface area contributed by atoms with Gasteiger partial charge in [0.15, 0.2) is 0 Å². The molecule has 2 rings (SSSR count). The highest BCUT2D eigenvalue weighted by Gasteiger charge is 2.29. The van der Waals surface area contributed by atoms with Gasteiger partial charge in [0.2, 0.25) is 0 Å². The summed E-state index contributed by atoms with van der Waals surface area (Å²) < 4.78 is 5.06. The molecule has 0 unspecified atom stereocenters. The van der Waals surface area contributed by atoms with E-state index in [0.717, 1.165) is 24.9 Å². The molecule has 5 nitrogen and oxygen atoms in total. The predicted octanol–water partition coefficient (Wildman–Crippen LogP) is 3.06. The Kier molecular flexibility index (Phi) is 5.81. The number of benzene rings is 1. The zero-order valence-corrected chi connectivity index (χ0v) is 13.3. The molecule has 2 amide bonds. The Hall–Kier alpha value is -2.04. The number of aryl methyl sites for hydroxylation is 1. The van der Waals surface area contributed by atoms with Crippen LogP contribution in [0.3, 0.4) is 0 Å². The van der Waals surface area contributed by atoms with Gasteiger partial charge in [0.05, 0.1) is 12.5 Å². The highest BCUT2D eigenvalue weighted by molar-refractivity contribution is 5.90. The summed E-state index contributed by atoms with van der Waals surface area (Å²) in [5.41, 5.74) is 1.98. The summed E-state index contributed by atoms with van der Waals surface area (Å²) in [6.45, 7) is 5.36. The fourth-order valence-electron chi connectivity index (χ4n) is 2.69. The Bertz CT molecular complexity index is 530. The Labute approximate surface area is 131 Å². The molecule has 0 radical (unpaired) electrons. The molecule has 0 aliphatic carbocycles. The van der Waals surface area contributed by atoms with Gasteiger partial charge in [0.25, 0.3) is 0 Å². The Morgan fingerprint density at radius 2 is 2.18 bits per heavy atom. The van der Waals surface area contributed by atoms with Crippen LogP contribution < -0.4 is 5.32 Å². The van der Waals surface area contributed by atoms with E-state index in [9.17, 15) is 9.59 Å². The molecule has 0 saturated carbocycles. The van der Waals surface area contributed by atoms with Gasteiger partial charge in [-0.15, -0.1) is 0 Å². The third-order valence-corrected chi connectivity index (χ3v) is 3.92. The van der Waals surface area contributed by atoms with E-state index >= 15 is 0 Å². The van der Waals surface area contributed by atoms with Crippen LogP contribution in [0.25, 0.3) is 0 Å². The second-order valence-corrected chi connectivity index (χ2v) is 5.52. The number of nitrogens with zero attached hydrogens (tertiary/aromatic N) is 1. The first-order valence-corrected chi connectivity index (χ1v) is 7.95. The summed E-state index contributed by atoms with van der Waals surface area (Å²) in [6.07, 6.45) is 2.54. The second-order valence-electron chi connectivity index (χ2n) is 5.52. The lowest BCUT2D eigenvalue weighted by Crippen LogP contribution is -2.44. The van der Waals surface area contributed by atoms with Crippen LogP contribution in [0.2, 0.25) is 0 Å². The minimum Gasteiger partial charge on any atom is -0.466 e. The minimum atomic E-state index is -0.207. The van der Waals surface area contributed by atoms with Gasteiger partial charge in [-0.2, -0.15) is 0 Å². The van der Waals surface area contributed by atoms with Crippen molar-refractivity contribution in [2.75, 3.05) is 25.0 Å². The molecule has 0 bridgehead atoms. The number of piperidine rings is 1. The lowest BCUT2D eigenvalue weighted by molar-refractivity contribution is -0.149. The van der Waals surface area contributed by atoms with Crippen molar-refractivity contribution in [1.29, 1.82) is 0 Å².